The van der Waals surface area contributed by atoms with Gasteiger partial charge in [0.2, 0.25) is 5.82 Å². The van der Waals surface area contributed by atoms with Gasteiger partial charge in [-0.25, -0.2) is 14.4 Å². The average Bonchev–Trinajstić information content (AvgIpc) is 3.12. The second-order valence-electron chi connectivity index (χ2n) is 6.80. The van der Waals surface area contributed by atoms with Gasteiger partial charge in [-0.05, 0) is 60.5 Å². The van der Waals surface area contributed by atoms with Gasteiger partial charge in [0.1, 0.15) is 17.5 Å². The fourth-order valence-corrected chi connectivity index (χ4v) is 3.03. The number of alkyl halides is 2. The van der Waals surface area contributed by atoms with E-state index in [0.717, 1.165) is 29.8 Å². The highest BCUT2D eigenvalue weighted by Gasteiger charge is 2.38. The van der Waals surface area contributed by atoms with Crippen LogP contribution in [0.25, 0.3) is 10.9 Å². The van der Waals surface area contributed by atoms with E-state index >= 15 is 8.78 Å². The third-order valence-corrected chi connectivity index (χ3v) is 4.56. The number of aromatic nitrogens is 2. The van der Waals surface area contributed by atoms with E-state index in [-0.39, 0.29) is 17.9 Å². The van der Waals surface area contributed by atoms with E-state index in [1.807, 2.05) is 13.0 Å². The number of anilines is 1. The van der Waals surface area contributed by atoms with E-state index in [1.165, 1.54) is 6.07 Å². The lowest BCUT2D eigenvalue weighted by atomic mass is 10.1. The number of nitrogens with zero attached hydrogens (tertiary/aromatic N) is 3. The van der Waals surface area contributed by atoms with Crippen molar-refractivity contribution in [3.63, 3.8) is 0 Å². The molecule has 3 aromatic rings. The standard InChI is InChI=1S/C21H17F3N4O/c1-12-8-18(25-10-12)27-19-16-7-2-13(11-29)9-17(16)26-20(28-19)21(23,24)14-3-5-15(22)6-4-14/h2-9,29H,10-11H2,1H3,(H,25,26,27,28). The highest BCUT2D eigenvalue weighted by Crippen LogP contribution is 2.36. The van der Waals surface area contributed by atoms with Crippen molar-refractivity contribution < 1.29 is 18.3 Å². The van der Waals surface area contributed by atoms with Crippen molar-refractivity contribution in [3.05, 3.63) is 76.9 Å². The predicted molar refractivity (Wildman–Crippen MR) is 105 cm³/mol. The molecule has 2 N–H and O–H groups in total. The summed E-state index contributed by atoms with van der Waals surface area (Å²) in [5.74, 6) is -4.18. The number of amidine groups is 1. The van der Waals surface area contributed by atoms with Crippen molar-refractivity contribution in [1.29, 1.82) is 0 Å². The summed E-state index contributed by atoms with van der Waals surface area (Å²) >= 11 is 0. The molecule has 0 fully saturated rings. The Balaban J connectivity index is 1.86. The Hall–Kier alpha value is -3.26. The van der Waals surface area contributed by atoms with Gasteiger partial charge in [-0.3, -0.25) is 4.99 Å². The molecule has 0 amide bonds. The van der Waals surface area contributed by atoms with Crippen LogP contribution in [0.1, 0.15) is 23.9 Å². The van der Waals surface area contributed by atoms with Crippen molar-refractivity contribution in [1.82, 2.24) is 9.97 Å². The van der Waals surface area contributed by atoms with Crippen molar-refractivity contribution in [2.75, 3.05) is 11.9 Å². The molecule has 0 spiro atoms. The number of benzene rings is 2. The zero-order valence-electron chi connectivity index (χ0n) is 15.5. The summed E-state index contributed by atoms with van der Waals surface area (Å²) in [4.78, 5) is 12.4. The van der Waals surface area contributed by atoms with Gasteiger partial charge in [0, 0.05) is 10.9 Å². The van der Waals surface area contributed by atoms with E-state index in [1.54, 1.807) is 12.1 Å². The maximum atomic E-state index is 15.1. The van der Waals surface area contributed by atoms with Crippen molar-refractivity contribution in [2.45, 2.75) is 19.5 Å². The molecular weight excluding hydrogens is 381 g/mol. The quantitative estimate of drug-likeness (QED) is 0.692. The topological polar surface area (TPSA) is 70.4 Å². The van der Waals surface area contributed by atoms with Crippen LogP contribution in [0.5, 0.6) is 0 Å². The van der Waals surface area contributed by atoms with Gasteiger partial charge in [0.15, 0.2) is 0 Å². The fraction of sp³-hybridized carbons (Fsp3) is 0.190. The summed E-state index contributed by atoms with van der Waals surface area (Å²) in [5.41, 5.74) is 1.40. The zero-order valence-corrected chi connectivity index (χ0v) is 15.5. The first kappa shape index (κ1) is 19.1. The van der Waals surface area contributed by atoms with Gasteiger partial charge >= 0.3 is 5.92 Å². The number of aliphatic hydroxyl groups excluding tert-OH is 1. The van der Waals surface area contributed by atoms with Gasteiger partial charge in [0.25, 0.3) is 0 Å². The lowest BCUT2D eigenvalue weighted by Gasteiger charge is -2.18. The number of aliphatic imine (C=N–C) groups is 1. The molecule has 1 aromatic heterocycles. The molecule has 5 nitrogen and oxygen atoms in total. The lowest BCUT2D eigenvalue weighted by molar-refractivity contribution is 0.0333. The van der Waals surface area contributed by atoms with Crippen LogP contribution in [0, 0.1) is 5.82 Å². The Morgan fingerprint density at radius 3 is 2.52 bits per heavy atom. The van der Waals surface area contributed by atoms with Gasteiger partial charge in [-0.2, -0.15) is 8.78 Å². The predicted octanol–water partition coefficient (Wildman–Crippen LogP) is 4.17. The van der Waals surface area contributed by atoms with Crippen LogP contribution < -0.4 is 5.32 Å². The van der Waals surface area contributed by atoms with E-state index in [9.17, 15) is 9.50 Å². The first-order valence-electron chi connectivity index (χ1n) is 8.91. The van der Waals surface area contributed by atoms with Crippen molar-refractivity contribution >= 4 is 22.6 Å². The van der Waals surface area contributed by atoms with Crippen LogP contribution in [-0.4, -0.2) is 27.5 Å². The summed E-state index contributed by atoms with van der Waals surface area (Å²) in [6.45, 7) is 2.19. The van der Waals surface area contributed by atoms with Crippen LogP contribution >= 0.6 is 0 Å². The summed E-state index contributed by atoms with van der Waals surface area (Å²) in [5, 5.41) is 12.9. The summed E-state index contributed by atoms with van der Waals surface area (Å²) < 4.78 is 43.4. The molecule has 1 aliphatic heterocycles. The van der Waals surface area contributed by atoms with Crippen LogP contribution in [0.2, 0.25) is 0 Å². The molecule has 4 rings (SSSR count). The molecule has 2 aromatic carbocycles. The Morgan fingerprint density at radius 2 is 1.86 bits per heavy atom. The Bertz CT molecular complexity index is 1140. The molecule has 0 atom stereocenters. The maximum Gasteiger partial charge on any atom is 0.331 e. The minimum atomic E-state index is -3.54. The number of hydrogen-bond donors (Lipinski definition) is 2. The Kier molecular flexibility index (Phi) is 4.79. The maximum absolute atomic E-state index is 15.1. The normalized spacial score (nSPS) is 14.1. The molecule has 0 saturated carbocycles. The van der Waals surface area contributed by atoms with Crippen LogP contribution in [-0.2, 0) is 12.5 Å². The van der Waals surface area contributed by atoms with E-state index < -0.39 is 23.1 Å². The van der Waals surface area contributed by atoms with Gasteiger partial charge in [0.05, 0.1) is 18.7 Å². The molecule has 1 aliphatic rings. The molecule has 0 saturated heterocycles. The molecule has 0 bridgehead atoms. The molecule has 8 heteroatoms. The zero-order chi connectivity index (χ0) is 20.6. The lowest BCUT2D eigenvalue weighted by Crippen LogP contribution is -2.21. The summed E-state index contributed by atoms with van der Waals surface area (Å²) in [7, 11) is 0. The number of hydrogen-bond acceptors (Lipinski definition) is 5. The summed E-state index contributed by atoms with van der Waals surface area (Å²) in [6, 6.07) is 8.81. The van der Waals surface area contributed by atoms with E-state index in [4.69, 9.17) is 0 Å². The van der Waals surface area contributed by atoms with Crippen molar-refractivity contribution in [2.24, 2.45) is 4.99 Å². The molecule has 148 valence electrons. The van der Waals surface area contributed by atoms with Crippen molar-refractivity contribution in [3.8, 4) is 0 Å². The third-order valence-electron chi connectivity index (χ3n) is 4.56. The van der Waals surface area contributed by atoms with E-state index in [2.05, 4.69) is 20.3 Å². The molecular formula is C21H17F3N4O. The van der Waals surface area contributed by atoms with Crippen LogP contribution in [0.15, 0.2) is 59.1 Å². The highest BCUT2D eigenvalue weighted by molar-refractivity contribution is 6.08. The number of nitrogens with one attached hydrogen (secondary N) is 1. The van der Waals surface area contributed by atoms with E-state index in [0.29, 0.717) is 23.3 Å². The highest BCUT2D eigenvalue weighted by atomic mass is 19.3. The molecule has 2 heterocycles. The van der Waals surface area contributed by atoms with Gasteiger partial charge in [-0.15, -0.1) is 0 Å². The average molecular weight is 398 g/mol. The minimum absolute atomic E-state index is 0.181. The van der Waals surface area contributed by atoms with Gasteiger partial charge < -0.3 is 10.4 Å². The number of aliphatic hydroxyl groups is 1. The van der Waals surface area contributed by atoms with Gasteiger partial charge in [-0.1, -0.05) is 6.07 Å². The monoisotopic (exact) mass is 398 g/mol. The number of fused-ring (bicyclic) bond motifs is 1. The molecule has 0 unspecified atom stereocenters. The largest absolute Gasteiger partial charge is 0.392 e. The fourth-order valence-electron chi connectivity index (χ4n) is 3.03. The first-order chi connectivity index (χ1) is 13.9. The number of halogens is 3. The Labute approximate surface area is 164 Å². The smallest absolute Gasteiger partial charge is 0.331 e. The molecule has 29 heavy (non-hydrogen) atoms. The summed E-state index contributed by atoms with van der Waals surface area (Å²) in [6.07, 6.45) is 1.81. The van der Waals surface area contributed by atoms with Crippen LogP contribution in [0.3, 0.4) is 0 Å². The van der Waals surface area contributed by atoms with Crippen LogP contribution in [0.4, 0.5) is 19.0 Å². The first-order valence-corrected chi connectivity index (χ1v) is 8.91. The SMILES string of the molecule is CC1=CC(Nc2nc(C(F)(F)c3ccc(F)cc3)nc3cc(CO)ccc23)=NC1. The third kappa shape index (κ3) is 3.71. The second-order valence-corrected chi connectivity index (χ2v) is 6.80. The molecule has 0 radical (unpaired) electrons. The number of rotatable bonds is 4. The minimum Gasteiger partial charge on any atom is -0.392 e. The second kappa shape index (κ2) is 7.29. The Morgan fingerprint density at radius 1 is 1.10 bits per heavy atom. The molecule has 0 aliphatic carbocycles.